The van der Waals surface area contributed by atoms with Gasteiger partial charge >= 0.3 is 6.18 Å². The van der Waals surface area contributed by atoms with E-state index in [9.17, 15) is 17.6 Å². The van der Waals surface area contributed by atoms with Crippen molar-refractivity contribution in [3.8, 4) is 17.4 Å². The number of halogens is 5. The van der Waals surface area contributed by atoms with Gasteiger partial charge in [0, 0.05) is 40.4 Å². The molecule has 1 N–H and O–H groups in total. The smallest absolute Gasteiger partial charge is 0.451 e. The van der Waals surface area contributed by atoms with Crippen LogP contribution in [-0.4, -0.2) is 65.4 Å². The number of nitrogens with one attached hydrogen (secondary N) is 1. The van der Waals surface area contributed by atoms with Crippen molar-refractivity contribution >= 4 is 22.6 Å². The summed E-state index contributed by atoms with van der Waals surface area (Å²) in [5, 5.41) is 7.23. The van der Waals surface area contributed by atoms with Crippen molar-refractivity contribution in [1.29, 1.82) is 0 Å². The first kappa shape index (κ1) is 31.5. The summed E-state index contributed by atoms with van der Waals surface area (Å²) in [7, 11) is 0. The van der Waals surface area contributed by atoms with Crippen LogP contribution < -0.4 is 4.74 Å². The number of aromatic amines is 1. The third-order valence-electron chi connectivity index (χ3n) is 8.78. The molecule has 6 heterocycles. The average molecular weight is 671 g/mol. The predicted octanol–water partition coefficient (Wildman–Crippen LogP) is 6.48. The minimum Gasteiger partial charge on any atom is -0.473 e. The van der Waals surface area contributed by atoms with Gasteiger partial charge < -0.3 is 19.0 Å². The maximum absolute atomic E-state index is 14.6. The first-order valence-electron chi connectivity index (χ1n) is 15.3. The fourth-order valence-electron chi connectivity index (χ4n) is 5.97. The minimum atomic E-state index is -4.63. The van der Waals surface area contributed by atoms with E-state index in [2.05, 4.69) is 29.6 Å². The Balaban J connectivity index is 1.03. The van der Waals surface area contributed by atoms with Gasteiger partial charge in [-0.1, -0.05) is 23.7 Å². The van der Waals surface area contributed by atoms with Gasteiger partial charge in [0.15, 0.2) is 5.82 Å². The summed E-state index contributed by atoms with van der Waals surface area (Å²) in [6, 6.07) is 10.6. The van der Waals surface area contributed by atoms with Crippen LogP contribution in [0.2, 0.25) is 5.02 Å². The van der Waals surface area contributed by atoms with E-state index < -0.39 is 12.0 Å². The molecule has 246 valence electrons. The lowest BCUT2D eigenvalue weighted by atomic mass is 9.93. The molecule has 5 aromatic rings. The van der Waals surface area contributed by atoms with Crippen LogP contribution >= 0.6 is 11.6 Å². The molecule has 1 aromatic carbocycles. The molecule has 47 heavy (non-hydrogen) atoms. The number of H-pyrrole nitrogens is 1. The number of hydrogen-bond donors (Lipinski definition) is 1. The molecular weight excluding hydrogens is 640 g/mol. The number of likely N-dealkylation sites (tertiary alicyclic amines) is 1. The highest BCUT2D eigenvalue weighted by atomic mass is 35.5. The van der Waals surface area contributed by atoms with E-state index in [0.29, 0.717) is 47.2 Å². The predicted molar refractivity (Wildman–Crippen MR) is 164 cm³/mol. The Hall–Kier alpha value is -4.14. The monoisotopic (exact) mass is 670 g/mol. The number of aromatic nitrogens is 7. The summed E-state index contributed by atoms with van der Waals surface area (Å²) in [5.41, 5.74) is 3.36. The van der Waals surface area contributed by atoms with Gasteiger partial charge in [-0.25, -0.2) is 14.4 Å². The molecule has 4 aromatic heterocycles. The lowest BCUT2D eigenvalue weighted by molar-refractivity contribution is -0.144. The number of hydrogen-bond acceptors (Lipinski definition) is 8. The van der Waals surface area contributed by atoms with E-state index >= 15 is 0 Å². The van der Waals surface area contributed by atoms with Crippen molar-refractivity contribution in [1.82, 2.24) is 39.6 Å². The molecule has 10 nitrogen and oxygen atoms in total. The fraction of sp³-hybridized carbons (Fsp3) is 0.406. The second-order valence-electron chi connectivity index (χ2n) is 11.9. The zero-order valence-electron chi connectivity index (χ0n) is 25.4. The first-order chi connectivity index (χ1) is 22.6. The Morgan fingerprint density at radius 3 is 2.62 bits per heavy atom. The van der Waals surface area contributed by atoms with Crippen LogP contribution in [0.15, 0.2) is 42.6 Å². The molecule has 2 aliphatic rings. The molecule has 1 atom stereocenters. The van der Waals surface area contributed by atoms with Gasteiger partial charge in [-0.15, -0.1) is 10.2 Å². The summed E-state index contributed by atoms with van der Waals surface area (Å²) in [5.74, 6) is -0.113. The van der Waals surface area contributed by atoms with Crippen molar-refractivity contribution in [2.45, 2.75) is 64.1 Å². The van der Waals surface area contributed by atoms with Gasteiger partial charge in [0.25, 0.3) is 0 Å². The van der Waals surface area contributed by atoms with Gasteiger partial charge in [0.2, 0.25) is 11.7 Å². The number of benzene rings is 1. The van der Waals surface area contributed by atoms with E-state index in [1.807, 2.05) is 12.1 Å². The molecule has 0 saturated carbocycles. The number of fused-ring (bicyclic) bond motifs is 1. The second-order valence-corrected chi connectivity index (χ2v) is 12.3. The Morgan fingerprint density at radius 2 is 1.89 bits per heavy atom. The molecule has 0 unspecified atom stereocenters. The number of pyridine rings is 2. The summed E-state index contributed by atoms with van der Waals surface area (Å²) < 4.78 is 67.4. The van der Waals surface area contributed by atoms with Crippen LogP contribution in [0, 0.1) is 12.7 Å². The molecule has 0 amide bonds. The Labute approximate surface area is 272 Å². The zero-order chi connectivity index (χ0) is 32.7. The average Bonchev–Trinajstić information content (AvgIpc) is 3.67. The molecule has 0 radical (unpaired) electrons. The topological polar surface area (TPSA) is 107 Å². The highest BCUT2D eigenvalue weighted by molar-refractivity contribution is 6.31. The lowest BCUT2D eigenvalue weighted by Gasteiger charge is -2.32. The summed E-state index contributed by atoms with van der Waals surface area (Å²) >= 11 is 6.02. The second kappa shape index (κ2) is 12.8. The van der Waals surface area contributed by atoms with Crippen LogP contribution in [0.4, 0.5) is 17.6 Å². The van der Waals surface area contributed by atoms with Gasteiger partial charge in [-0.3, -0.25) is 9.88 Å². The van der Waals surface area contributed by atoms with Crippen LogP contribution in [0.1, 0.15) is 53.7 Å². The Morgan fingerprint density at radius 1 is 1.09 bits per heavy atom. The quantitative estimate of drug-likeness (QED) is 0.178. The number of rotatable bonds is 9. The lowest BCUT2D eigenvalue weighted by Crippen LogP contribution is -2.35. The van der Waals surface area contributed by atoms with Crippen molar-refractivity contribution in [3.63, 3.8) is 0 Å². The van der Waals surface area contributed by atoms with Crippen molar-refractivity contribution in [2.75, 3.05) is 19.7 Å². The normalized spacial score (nSPS) is 17.7. The zero-order valence-corrected chi connectivity index (χ0v) is 26.2. The number of ether oxygens (including phenoxy) is 2. The molecule has 2 fully saturated rings. The summed E-state index contributed by atoms with van der Waals surface area (Å²) in [6.45, 7) is 5.24. The van der Waals surface area contributed by atoms with E-state index in [4.69, 9.17) is 31.0 Å². The number of nitrogens with zero attached hydrogens (tertiary/aromatic N) is 7. The third kappa shape index (κ3) is 6.67. The third-order valence-corrected chi connectivity index (χ3v) is 9.19. The van der Waals surface area contributed by atoms with E-state index in [-0.39, 0.29) is 36.0 Å². The fourth-order valence-corrected chi connectivity index (χ4v) is 6.12. The van der Waals surface area contributed by atoms with Gasteiger partial charge in [0.1, 0.15) is 23.9 Å². The van der Waals surface area contributed by atoms with Crippen molar-refractivity contribution < 1.29 is 27.0 Å². The first-order valence-corrected chi connectivity index (χ1v) is 15.7. The maximum Gasteiger partial charge on any atom is 0.451 e. The molecule has 15 heteroatoms. The number of piperidine rings is 1. The van der Waals surface area contributed by atoms with Crippen LogP contribution in [0.3, 0.4) is 0 Å². The van der Waals surface area contributed by atoms with E-state index in [0.717, 1.165) is 49.4 Å². The van der Waals surface area contributed by atoms with Gasteiger partial charge in [0.05, 0.1) is 36.4 Å². The Bertz CT molecular complexity index is 1900. The molecule has 0 bridgehead atoms. The standard InChI is InChI=1S/C32H31ClF4N8O2/c1-18-22(33)6-5-20(29(18)34)17-47-28-4-2-3-23(40-28)19-7-10-44(11-8-19)16-27-39-24-13-25(30-41-31(43-42-30)32(35,36)37)38-14-26(24)45(27)15-21-9-12-46-21/h2-6,13-14,19,21H,7-12,15-17H2,1H3,(H,41,42,43)/t21-/m0/s1. The molecule has 0 spiro atoms. The van der Waals surface area contributed by atoms with Crippen molar-refractivity contribution in [3.05, 3.63) is 81.9 Å². The Kier molecular flexibility index (Phi) is 8.57. The summed E-state index contributed by atoms with van der Waals surface area (Å²) in [4.78, 5) is 18.5. The number of imidazole rings is 1. The van der Waals surface area contributed by atoms with Gasteiger partial charge in [-0.05, 0) is 57.5 Å². The molecule has 2 aliphatic heterocycles. The van der Waals surface area contributed by atoms with Gasteiger partial charge in [-0.2, -0.15) is 13.2 Å². The van der Waals surface area contributed by atoms with Crippen LogP contribution in [0.5, 0.6) is 5.88 Å². The molecular formula is C32H31ClF4N8O2. The molecule has 0 aliphatic carbocycles. The van der Waals surface area contributed by atoms with E-state index in [1.165, 1.54) is 0 Å². The highest BCUT2D eigenvalue weighted by Crippen LogP contribution is 2.31. The SMILES string of the molecule is Cc1c(Cl)ccc(COc2cccc(C3CCN(Cc4nc5cc(-c6nnc(C(F)(F)F)[nH]6)ncc5n4C[C@@H]4CCO4)CC3)n2)c1F. The summed E-state index contributed by atoms with van der Waals surface area (Å²) in [6.07, 6.45) is -0.242. The minimum absolute atomic E-state index is 0.0512. The molecule has 2 saturated heterocycles. The highest BCUT2D eigenvalue weighted by Gasteiger charge is 2.35. The molecule has 7 rings (SSSR count). The number of alkyl halides is 3. The largest absolute Gasteiger partial charge is 0.473 e. The van der Waals surface area contributed by atoms with Crippen molar-refractivity contribution in [2.24, 2.45) is 0 Å². The van der Waals surface area contributed by atoms with E-state index in [1.54, 1.807) is 37.4 Å². The van der Waals surface area contributed by atoms with Crippen LogP contribution in [-0.2, 0) is 30.6 Å². The van der Waals surface area contributed by atoms with Crippen LogP contribution in [0.25, 0.3) is 22.6 Å². The maximum atomic E-state index is 14.6.